The fourth-order valence-corrected chi connectivity index (χ4v) is 3.66. The summed E-state index contributed by atoms with van der Waals surface area (Å²) in [5.41, 5.74) is 2.22. The first-order valence-electron chi connectivity index (χ1n) is 8.80. The summed E-state index contributed by atoms with van der Waals surface area (Å²) >= 11 is 0. The molecule has 0 aliphatic carbocycles. The van der Waals surface area contributed by atoms with E-state index in [4.69, 9.17) is 0 Å². The molecule has 0 saturated carbocycles. The lowest BCUT2D eigenvalue weighted by atomic mass is 9.79. The molecule has 27 heavy (non-hydrogen) atoms. The minimum absolute atomic E-state index is 0.0821. The van der Waals surface area contributed by atoms with Crippen LogP contribution in [0, 0.1) is 0 Å². The molecule has 2 aromatic carbocycles. The summed E-state index contributed by atoms with van der Waals surface area (Å²) in [6.45, 7) is 0. The first-order chi connectivity index (χ1) is 13.2. The Morgan fingerprint density at radius 2 is 1.67 bits per heavy atom. The van der Waals surface area contributed by atoms with Gasteiger partial charge in [-0.15, -0.1) is 0 Å². The van der Waals surface area contributed by atoms with Crippen molar-refractivity contribution in [2.45, 2.75) is 12.0 Å². The lowest BCUT2D eigenvalue weighted by molar-refractivity contribution is -0.119. The number of carbonyl (C=O) groups is 2. The maximum atomic E-state index is 13.3. The summed E-state index contributed by atoms with van der Waals surface area (Å²) < 4.78 is 0. The molecule has 0 fully saturated rings. The van der Waals surface area contributed by atoms with Crippen LogP contribution in [0.2, 0.25) is 0 Å². The van der Waals surface area contributed by atoms with Gasteiger partial charge in [-0.2, -0.15) is 0 Å². The van der Waals surface area contributed by atoms with Crippen molar-refractivity contribution in [2.24, 2.45) is 0 Å². The van der Waals surface area contributed by atoms with Gasteiger partial charge in [0.1, 0.15) is 5.82 Å². The Morgan fingerprint density at radius 1 is 0.963 bits per heavy atom. The van der Waals surface area contributed by atoms with E-state index in [1.807, 2.05) is 54.6 Å². The van der Waals surface area contributed by atoms with E-state index in [0.29, 0.717) is 11.4 Å². The third-order valence-corrected chi connectivity index (χ3v) is 4.92. The molecular weight excluding hydrogens is 338 g/mol. The van der Waals surface area contributed by atoms with Gasteiger partial charge in [-0.3, -0.25) is 9.59 Å². The number of hydrogen-bond acceptors (Lipinski definition) is 3. The van der Waals surface area contributed by atoms with Gasteiger partial charge in [0.2, 0.25) is 5.91 Å². The predicted molar refractivity (Wildman–Crippen MR) is 103 cm³/mol. The minimum Gasteiger partial charge on any atom is -0.334 e. The number of fused-ring (bicyclic) bond motifs is 1. The first kappa shape index (κ1) is 17.0. The average Bonchev–Trinajstić information content (AvgIpc) is 2.72. The molecule has 1 N–H and O–H groups in total. The van der Waals surface area contributed by atoms with Gasteiger partial charge in [0.05, 0.1) is 12.0 Å². The number of likely N-dealkylation sites (N-methyl/N-ethyl adjacent to an activating group) is 1. The van der Waals surface area contributed by atoms with Crippen LogP contribution in [0.25, 0.3) is 0 Å². The van der Waals surface area contributed by atoms with E-state index in [-0.39, 0.29) is 11.8 Å². The van der Waals surface area contributed by atoms with Gasteiger partial charge in [-0.25, -0.2) is 4.98 Å². The van der Waals surface area contributed by atoms with Crippen LogP contribution >= 0.6 is 0 Å². The zero-order valence-corrected chi connectivity index (χ0v) is 14.9. The van der Waals surface area contributed by atoms with E-state index in [2.05, 4.69) is 10.3 Å². The molecule has 3 aromatic rings. The average molecular weight is 357 g/mol. The molecule has 1 aromatic heterocycles. The van der Waals surface area contributed by atoms with Crippen molar-refractivity contribution in [1.29, 1.82) is 0 Å². The van der Waals surface area contributed by atoms with E-state index in [0.717, 1.165) is 11.1 Å². The smallest absolute Gasteiger partial charge is 0.254 e. The molecule has 5 heteroatoms. The molecule has 134 valence electrons. The van der Waals surface area contributed by atoms with Gasteiger partial charge in [0, 0.05) is 18.8 Å². The van der Waals surface area contributed by atoms with Crippen molar-refractivity contribution in [2.75, 3.05) is 12.4 Å². The fourth-order valence-electron chi connectivity index (χ4n) is 3.66. The highest BCUT2D eigenvalue weighted by molar-refractivity contribution is 6.04. The van der Waals surface area contributed by atoms with Gasteiger partial charge in [0.25, 0.3) is 5.91 Å². The van der Waals surface area contributed by atoms with Crippen LogP contribution in [0.4, 0.5) is 5.82 Å². The molecule has 0 unspecified atom stereocenters. The standard InChI is InChI=1S/C22H19N3O2/c1-25-20(15-9-3-2-4-10-15)19(16-11-5-6-12-17(16)22(25)27)21(26)24-18-13-7-8-14-23-18/h2-14,19-20H,1H3,(H,23,24,26)/t19-,20-/m0/s1. The number of amides is 2. The highest BCUT2D eigenvalue weighted by atomic mass is 16.2. The van der Waals surface area contributed by atoms with E-state index in [9.17, 15) is 9.59 Å². The van der Waals surface area contributed by atoms with Crippen LogP contribution in [0.1, 0.15) is 33.4 Å². The van der Waals surface area contributed by atoms with E-state index in [1.165, 1.54) is 0 Å². The van der Waals surface area contributed by atoms with Gasteiger partial charge >= 0.3 is 0 Å². The van der Waals surface area contributed by atoms with Crippen molar-refractivity contribution in [3.63, 3.8) is 0 Å². The summed E-state index contributed by atoms with van der Waals surface area (Å²) in [5, 5.41) is 2.90. The maximum absolute atomic E-state index is 13.3. The van der Waals surface area contributed by atoms with Gasteiger partial charge in [0.15, 0.2) is 0 Å². The third-order valence-electron chi connectivity index (χ3n) is 4.92. The van der Waals surface area contributed by atoms with Crippen molar-refractivity contribution >= 4 is 17.6 Å². The van der Waals surface area contributed by atoms with E-state index < -0.39 is 12.0 Å². The molecule has 1 aliphatic heterocycles. The van der Waals surface area contributed by atoms with E-state index >= 15 is 0 Å². The molecular formula is C22H19N3O2. The highest BCUT2D eigenvalue weighted by Crippen LogP contribution is 2.42. The Bertz CT molecular complexity index is 973. The van der Waals surface area contributed by atoms with Crippen LogP contribution in [-0.2, 0) is 4.79 Å². The Balaban J connectivity index is 1.81. The first-order valence-corrected chi connectivity index (χ1v) is 8.80. The van der Waals surface area contributed by atoms with Crippen LogP contribution in [0.15, 0.2) is 79.0 Å². The normalized spacial score (nSPS) is 18.7. The highest BCUT2D eigenvalue weighted by Gasteiger charge is 2.42. The fraction of sp³-hybridized carbons (Fsp3) is 0.136. The Hall–Kier alpha value is -3.47. The lowest BCUT2D eigenvalue weighted by Gasteiger charge is -2.39. The number of nitrogens with zero attached hydrogens (tertiary/aromatic N) is 2. The number of carbonyl (C=O) groups excluding carboxylic acids is 2. The number of benzene rings is 2. The van der Waals surface area contributed by atoms with Gasteiger partial charge in [-0.05, 0) is 29.3 Å². The van der Waals surface area contributed by atoms with Gasteiger partial charge in [-0.1, -0.05) is 54.6 Å². The monoisotopic (exact) mass is 357 g/mol. The summed E-state index contributed by atoms with van der Waals surface area (Å²) in [5.74, 6) is -0.310. The second-order valence-corrected chi connectivity index (χ2v) is 6.54. The number of rotatable bonds is 3. The second kappa shape index (κ2) is 7.03. The number of nitrogens with one attached hydrogen (secondary N) is 1. The van der Waals surface area contributed by atoms with Crippen molar-refractivity contribution in [3.05, 3.63) is 95.7 Å². The molecule has 2 amide bonds. The maximum Gasteiger partial charge on any atom is 0.254 e. The largest absolute Gasteiger partial charge is 0.334 e. The lowest BCUT2D eigenvalue weighted by Crippen LogP contribution is -2.44. The third kappa shape index (κ3) is 3.08. The second-order valence-electron chi connectivity index (χ2n) is 6.54. The molecule has 0 spiro atoms. The summed E-state index contributed by atoms with van der Waals surface area (Å²) in [4.78, 5) is 32.0. The van der Waals surface area contributed by atoms with Crippen molar-refractivity contribution < 1.29 is 9.59 Å². The molecule has 1 aliphatic rings. The molecule has 4 rings (SSSR count). The van der Waals surface area contributed by atoms with Crippen LogP contribution < -0.4 is 5.32 Å². The molecule has 0 bridgehead atoms. The number of pyridine rings is 1. The Morgan fingerprint density at radius 3 is 2.41 bits per heavy atom. The molecule has 0 radical (unpaired) electrons. The molecule has 2 atom stereocenters. The summed E-state index contributed by atoms with van der Waals surface area (Å²) in [6, 6.07) is 21.9. The van der Waals surface area contributed by atoms with E-state index in [1.54, 1.807) is 36.3 Å². The minimum atomic E-state index is -0.534. The van der Waals surface area contributed by atoms with Crippen LogP contribution in [0.3, 0.4) is 0 Å². The Labute approximate surface area is 157 Å². The number of hydrogen-bond donors (Lipinski definition) is 1. The van der Waals surface area contributed by atoms with Crippen LogP contribution in [0.5, 0.6) is 0 Å². The van der Waals surface area contributed by atoms with Crippen molar-refractivity contribution in [3.8, 4) is 0 Å². The quantitative estimate of drug-likeness (QED) is 0.779. The zero-order valence-electron chi connectivity index (χ0n) is 14.9. The molecule has 2 heterocycles. The number of anilines is 1. The molecule has 0 saturated heterocycles. The summed E-state index contributed by atoms with van der Waals surface area (Å²) in [6.07, 6.45) is 1.63. The number of aromatic nitrogens is 1. The van der Waals surface area contributed by atoms with Gasteiger partial charge < -0.3 is 10.2 Å². The SMILES string of the molecule is CN1C(=O)c2ccccc2[C@H](C(=O)Nc2ccccn2)[C@@H]1c1ccccc1. The Kier molecular flexibility index (Phi) is 4.42. The van der Waals surface area contributed by atoms with Crippen LogP contribution in [-0.4, -0.2) is 28.7 Å². The predicted octanol–water partition coefficient (Wildman–Crippen LogP) is 3.63. The van der Waals surface area contributed by atoms with Crippen molar-refractivity contribution in [1.82, 2.24) is 9.88 Å². The topological polar surface area (TPSA) is 62.3 Å². The summed E-state index contributed by atoms with van der Waals surface area (Å²) in [7, 11) is 1.75. The molecule has 5 nitrogen and oxygen atoms in total. The zero-order chi connectivity index (χ0) is 18.8.